The molecule has 0 spiro atoms. The van der Waals surface area contributed by atoms with Gasteiger partial charge < -0.3 is 11.1 Å². The molecule has 0 bridgehead atoms. The molecule has 0 aliphatic rings. The van der Waals surface area contributed by atoms with E-state index in [1.54, 1.807) is 0 Å². The van der Waals surface area contributed by atoms with E-state index in [1.807, 2.05) is 20.9 Å². The van der Waals surface area contributed by atoms with Crippen molar-refractivity contribution in [1.82, 2.24) is 5.32 Å². The smallest absolute Gasteiger partial charge is 0.0213 e. The van der Waals surface area contributed by atoms with Gasteiger partial charge in [-0.3, -0.25) is 0 Å². The second-order valence-corrected chi connectivity index (χ2v) is 2.38. The Labute approximate surface area is 71.6 Å². The Bertz CT molecular complexity index is 60.6. The van der Waals surface area contributed by atoms with E-state index in [4.69, 9.17) is 5.73 Å². The van der Waals surface area contributed by atoms with Crippen LogP contribution in [0, 0.1) is 0 Å². The van der Waals surface area contributed by atoms with Crippen LogP contribution < -0.4 is 11.1 Å². The van der Waals surface area contributed by atoms with Gasteiger partial charge in [-0.2, -0.15) is 0 Å². The van der Waals surface area contributed by atoms with Crippen molar-refractivity contribution in [2.75, 3.05) is 7.05 Å². The Balaban J connectivity index is 0. The van der Waals surface area contributed by atoms with Gasteiger partial charge in [-0.1, -0.05) is 27.7 Å². The molecule has 2 heteroatoms. The molecule has 11 heavy (non-hydrogen) atoms. The minimum absolute atomic E-state index is 0.319. The second-order valence-electron chi connectivity index (χ2n) is 2.38. The first-order valence-electron chi connectivity index (χ1n) is 4.69. The number of likely N-dealkylation sites (N-methyl/N-ethyl adjacent to an activating group) is 1. The predicted octanol–water partition coefficient (Wildman–Crippen LogP) is 1.75. The van der Waals surface area contributed by atoms with Crippen molar-refractivity contribution in [3.63, 3.8) is 0 Å². The lowest BCUT2D eigenvalue weighted by atomic mass is 10.1. The highest BCUT2D eigenvalue weighted by molar-refractivity contribution is 4.74. The molecule has 0 heterocycles. The summed E-state index contributed by atoms with van der Waals surface area (Å²) in [5.41, 5.74) is 5.78. The Morgan fingerprint density at radius 3 is 1.73 bits per heavy atom. The lowest BCUT2D eigenvalue weighted by Crippen LogP contribution is -2.42. The van der Waals surface area contributed by atoms with Crippen molar-refractivity contribution < 1.29 is 0 Å². The van der Waals surface area contributed by atoms with Crippen LogP contribution in [-0.2, 0) is 0 Å². The largest absolute Gasteiger partial charge is 0.326 e. The molecule has 0 radical (unpaired) electrons. The van der Waals surface area contributed by atoms with Gasteiger partial charge in [-0.15, -0.1) is 0 Å². The van der Waals surface area contributed by atoms with Crippen LogP contribution >= 0.6 is 0 Å². The highest BCUT2D eigenvalue weighted by Gasteiger charge is 2.09. The van der Waals surface area contributed by atoms with Crippen LogP contribution in [0.25, 0.3) is 0 Å². The average Bonchev–Trinajstić information content (AvgIpc) is 2.10. The van der Waals surface area contributed by atoms with E-state index in [-0.39, 0.29) is 0 Å². The van der Waals surface area contributed by atoms with Crippen molar-refractivity contribution in [2.24, 2.45) is 5.73 Å². The van der Waals surface area contributed by atoms with Gasteiger partial charge in [0.25, 0.3) is 0 Å². The zero-order valence-electron chi connectivity index (χ0n) is 8.65. The van der Waals surface area contributed by atoms with Gasteiger partial charge in [0.1, 0.15) is 0 Å². The van der Waals surface area contributed by atoms with Crippen LogP contribution in [0.3, 0.4) is 0 Å². The highest BCUT2D eigenvalue weighted by atomic mass is 14.9. The first-order valence-corrected chi connectivity index (χ1v) is 4.69. The molecule has 0 aliphatic carbocycles. The molecule has 2 nitrogen and oxygen atoms in total. The third-order valence-electron chi connectivity index (χ3n) is 1.80. The molecule has 0 aromatic heterocycles. The number of hydrogen-bond donors (Lipinski definition) is 2. The molecule has 0 fully saturated rings. The molecule has 0 aromatic rings. The molecule has 0 rings (SSSR count). The zero-order valence-corrected chi connectivity index (χ0v) is 8.65. The molecular formula is C9H24N2. The average molecular weight is 160 g/mol. The number of hydrogen-bond acceptors (Lipinski definition) is 2. The quantitative estimate of drug-likeness (QED) is 0.657. The van der Waals surface area contributed by atoms with E-state index in [0.717, 1.165) is 12.8 Å². The summed E-state index contributed by atoms with van der Waals surface area (Å²) in [6, 6.07) is 0.815. The van der Waals surface area contributed by atoms with Crippen molar-refractivity contribution in [2.45, 2.75) is 52.6 Å². The molecule has 70 valence electrons. The van der Waals surface area contributed by atoms with E-state index in [0.29, 0.717) is 12.1 Å². The van der Waals surface area contributed by atoms with Crippen LogP contribution in [0.15, 0.2) is 0 Å². The summed E-state index contributed by atoms with van der Waals surface area (Å²) in [5.74, 6) is 0. The van der Waals surface area contributed by atoms with Crippen molar-refractivity contribution >= 4 is 0 Å². The molecule has 0 aliphatic heterocycles. The summed E-state index contributed by atoms with van der Waals surface area (Å²) < 4.78 is 0. The summed E-state index contributed by atoms with van der Waals surface area (Å²) in [5, 5.41) is 3.18. The number of nitrogens with one attached hydrogen (secondary N) is 1. The Hall–Kier alpha value is -0.0800. The SMILES string of the molecule is CC.CCC(N)C(CC)NC. The third kappa shape index (κ3) is 6.32. The maximum absolute atomic E-state index is 5.78. The fourth-order valence-electron chi connectivity index (χ4n) is 1.01. The standard InChI is InChI=1S/C7H18N2.C2H6/c1-4-6(8)7(5-2)9-3;1-2/h6-7,9H,4-5,8H2,1-3H3;1-2H3. The van der Waals surface area contributed by atoms with Gasteiger partial charge in [0, 0.05) is 12.1 Å². The fourth-order valence-corrected chi connectivity index (χ4v) is 1.01. The van der Waals surface area contributed by atoms with E-state index in [1.165, 1.54) is 0 Å². The zero-order chi connectivity index (χ0) is 9.28. The maximum atomic E-state index is 5.78. The molecule has 2 unspecified atom stereocenters. The van der Waals surface area contributed by atoms with E-state index in [2.05, 4.69) is 19.2 Å². The lowest BCUT2D eigenvalue weighted by Gasteiger charge is -2.19. The van der Waals surface area contributed by atoms with Gasteiger partial charge in [-0.25, -0.2) is 0 Å². The lowest BCUT2D eigenvalue weighted by molar-refractivity contribution is 0.437. The Morgan fingerprint density at radius 2 is 1.64 bits per heavy atom. The molecule has 0 amide bonds. The van der Waals surface area contributed by atoms with Gasteiger partial charge in [0.15, 0.2) is 0 Å². The first kappa shape index (κ1) is 13.5. The van der Waals surface area contributed by atoms with Crippen LogP contribution in [0.2, 0.25) is 0 Å². The van der Waals surface area contributed by atoms with Gasteiger partial charge in [-0.05, 0) is 19.9 Å². The minimum atomic E-state index is 0.319. The molecular weight excluding hydrogens is 136 g/mol. The summed E-state index contributed by atoms with van der Waals surface area (Å²) in [6.45, 7) is 8.27. The fraction of sp³-hybridized carbons (Fsp3) is 1.00. The minimum Gasteiger partial charge on any atom is -0.326 e. The van der Waals surface area contributed by atoms with Gasteiger partial charge in [0.2, 0.25) is 0 Å². The van der Waals surface area contributed by atoms with Gasteiger partial charge in [0.05, 0.1) is 0 Å². The van der Waals surface area contributed by atoms with E-state index in [9.17, 15) is 0 Å². The normalized spacial score (nSPS) is 14.7. The van der Waals surface area contributed by atoms with Crippen LogP contribution in [0.5, 0.6) is 0 Å². The second kappa shape index (κ2) is 9.92. The highest BCUT2D eigenvalue weighted by Crippen LogP contribution is 1.98. The molecule has 0 saturated heterocycles. The van der Waals surface area contributed by atoms with Crippen LogP contribution in [0.4, 0.5) is 0 Å². The Kier molecular flexibility index (Phi) is 12.2. The molecule has 0 aromatic carbocycles. The van der Waals surface area contributed by atoms with Crippen molar-refractivity contribution in [1.29, 1.82) is 0 Å². The van der Waals surface area contributed by atoms with Gasteiger partial charge >= 0.3 is 0 Å². The maximum Gasteiger partial charge on any atom is 0.0213 e. The van der Waals surface area contributed by atoms with E-state index >= 15 is 0 Å². The monoisotopic (exact) mass is 160 g/mol. The first-order chi connectivity index (χ1) is 5.26. The van der Waals surface area contributed by atoms with Crippen molar-refractivity contribution in [3.8, 4) is 0 Å². The Morgan fingerprint density at radius 1 is 1.18 bits per heavy atom. The summed E-state index contributed by atoms with van der Waals surface area (Å²) in [7, 11) is 1.96. The predicted molar refractivity (Wildman–Crippen MR) is 52.8 cm³/mol. The van der Waals surface area contributed by atoms with E-state index < -0.39 is 0 Å². The third-order valence-corrected chi connectivity index (χ3v) is 1.80. The van der Waals surface area contributed by atoms with Crippen molar-refractivity contribution in [3.05, 3.63) is 0 Å². The summed E-state index contributed by atoms with van der Waals surface area (Å²) in [4.78, 5) is 0. The summed E-state index contributed by atoms with van der Waals surface area (Å²) in [6.07, 6.45) is 2.17. The van der Waals surface area contributed by atoms with Crippen LogP contribution in [0.1, 0.15) is 40.5 Å². The molecule has 3 N–H and O–H groups in total. The van der Waals surface area contributed by atoms with Crippen LogP contribution in [-0.4, -0.2) is 19.1 Å². The number of rotatable bonds is 4. The number of nitrogens with two attached hydrogens (primary N) is 1. The summed E-state index contributed by atoms with van der Waals surface area (Å²) >= 11 is 0. The topological polar surface area (TPSA) is 38.0 Å². The molecule has 2 atom stereocenters. The molecule has 0 saturated carbocycles.